The molecule has 3 rings (SSSR count). The van der Waals surface area contributed by atoms with Crippen molar-refractivity contribution in [2.75, 3.05) is 11.9 Å². The topological polar surface area (TPSA) is 42.4 Å². The van der Waals surface area contributed by atoms with Crippen molar-refractivity contribution in [1.82, 2.24) is 4.98 Å². The van der Waals surface area contributed by atoms with Crippen molar-refractivity contribution in [3.63, 3.8) is 0 Å². The Morgan fingerprint density at radius 2 is 1.74 bits per heavy atom. The molecule has 0 saturated carbocycles. The van der Waals surface area contributed by atoms with Crippen LogP contribution in [-0.4, -0.2) is 17.9 Å². The van der Waals surface area contributed by atoms with Crippen LogP contribution in [0, 0.1) is 24.4 Å². The summed E-state index contributed by atoms with van der Waals surface area (Å²) in [5.41, 5.74) is 0.160. The number of carbonyl (C=O) groups is 1. The number of pyridine rings is 1. The van der Waals surface area contributed by atoms with Gasteiger partial charge in [-0.3, -0.25) is 4.79 Å². The van der Waals surface area contributed by atoms with Gasteiger partial charge in [0, 0.05) is 30.6 Å². The fraction of sp³-hybridized carbons (Fsp3) is 0.100. The highest BCUT2D eigenvalue weighted by atomic mass is 19.2. The Morgan fingerprint density at radius 3 is 2.44 bits per heavy atom. The molecular formula is C20H15F3N2O2. The highest BCUT2D eigenvalue weighted by Gasteiger charge is 2.22. The zero-order valence-corrected chi connectivity index (χ0v) is 14.5. The quantitative estimate of drug-likeness (QED) is 0.613. The van der Waals surface area contributed by atoms with Crippen LogP contribution in [0.1, 0.15) is 15.9 Å². The summed E-state index contributed by atoms with van der Waals surface area (Å²) in [6, 6.07) is 12.4. The summed E-state index contributed by atoms with van der Waals surface area (Å²) in [5.74, 6) is -4.83. The highest BCUT2D eigenvalue weighted by Crippen LogP contribution is 2.31. The molecule has 0 radical (unpaired) electrons. The number of ether oxygens (including phenoxy) is 1. The number of halogens is 3. The third kappa shape index (κ3) is 3.62. The maximum Gasteiger partial charge on any atom is 0.263 e. The predicted octanol–water partition coefficient (Wildman–Crippen LogP) is 4.88. The highest BCUT2D eigenvalue weighted by molar-refractivity contribution is 6.07. The minimum atomic E-state index is -1.29. The molecular weight excluding hydrogens is 357 g/mol. The second kappa shape index (κ2) is 7.49. The van der Waals surface area contributed by atoms with Crippen LogP contribution in [-0.2, 0) is 0 Å². The van der Waals surface area contributed by atoms with Crippen molar-refractivity contribution in [3.8, 4) is 11.6 Å². The van der Waals surface area contributed by atoms with Crippen LogP contribution in [0.25, 0.3) is 0 Å². The van der Waals surface area contributed by atoms with Gasteiger partial charge in [0.15, 0.2) is 23.2 Å². The fourth-order valence-corrected chi connectivity index (χ4v) is 2.46. The first kappa shape index (κ1) is 18.4. The van der Waals surface area contributed by atoms with Gasteiger partial charge >= 0.3 is 0 Å². The second-order valence-electron chi connectivity index (χ2n) is 5.77. The molecule has 1 heterocycles. The van der Waals surface area contributed by atoms with Gasteiger partial charge < -0.3 is 9.64 Å². The summed E-state index contributed by atoms with van der Waals surface area (Å²) in [5, 5.41) is 0. The van der Waals surface area contributed by atoms with E-state index in [1.165, 1.54) is 23.2 Å². The van der Waals surface area contributed by atoms with E-state index in [0.29, 0.717) is 11.8 Å². The number of rotatable bonds is 4. The normalized spacial score (nSPS) is 10.6. The molecule has 0 saturated heterocycles. The average molecular weight is 372 g/mol. The Bertz CT molecular complexity index is 994. The van der Waals surface area contributed by atoms with Gasteiger partial charge in [-0.1, -0.05) is 18.2 Å². The summed E-state index contributed by atoms with van der Waals surface area (Å²) in [7, 11) is 1.57. The molecule has 0 fully saturated rings. The molecule has 3 aromatic rings. The van der Waals surface area contributed by atoms with Crippen molar-refractivity contribution < 1.29 is 22.7 Å². The Labute approximate surface area is 153 Å². The lowest BCUT2D eigenvalue weighted by atomic mass is 10.2. The predicted molar refractivity (Wildman–Crippen MR) is 94.5 cm³/mol. The van der Waals surface area contributed by atoms with Gasteiger partial charge in [-0.05, 0) is 31.2 Å². The van der Waals surface area contributed by atoms with Crippen molar-refractivity contribution in [1.29, 1.82) is 0 Å². The van der Waals surface area contributed by atoms with Crippen molar-refractivity contribution in [2.24, 2.45) is 0 Å². The first-order chi connectivity index (χ1) is 12.9. The minimum Gasteiger partial charge on any atom is -0.435 e. The SMILES string of the molecule is Cc1c(F)c(F)cc(Oc2ncccc2C(=O)N(C)c2ccccc2)c1F. The van der Waals surface area contributed by atoms with Gasteiger partial charge in [0.1, 0.15) is 5.56 Å². The van der Waals surface area contributed by atoms with Gasteiger partial charge in [0.25, 0.3) is 5.91 Å². The zero-order valence-electron chi connectivity index (χ0n) is 14.5. The van der Waals surface area contributed by atoms with E-state index in [2.05, 4.69) is 4.98 Å². The van der Waals surface area contributed by atoms with E-state index in [1.54, 1.807) is 31.3 Å². The van der Waals surface area contributed by atoms with Gasteiger partial charge in [-0.2, -0.15) is 0 Å². The largest absolute Gasteiger partial charge is 0.435 e. The molecule has 0 aliphatic carbocycles. The number of para-hydroxylation sites is 1. The number of carbonyl (C=O) groups excluding carboxylic acids is 1. The summed E-state index contributed by atoms with van der Waals surface area (Å²) >= 11 is 0. The maximum atomic E-state index is 14.2. The third-order valence-corrected chi connectivity index (χ3v) is 4.00. The van der Waals surface area contributed by atoms with E-state index >= 15 is 0 Å². The summed E-state index contributed by atoms with van der Waals surface area (Å²) in [6.07, 6.45) is 1.35. The van der Waals surface area contributed by atoms with E-state index in [-0.39, 0.29) is 11.4 Å². The van der Waals surface area contributed by atoms with Crippen LogP contribution in [0.2, 0.25) is 0 Å². The Hall–Kier alpha value is -3.35. The van der Waals surface area contributed by atoms with Crippen molar-refractivity contribution in [2.45, 2.75) is 6.92 Å². The van der Waals surface area contributed by atoms with E-state index in [4.69, 9.17) is 4.74 Å². The number of anilines is 1. The molecule has 0 spiro atoms. The molecule has 1 aromatic heterocycles. The lowest BCUT2D eigenvalue weighted by Crippen LogP contribution is -2.26. The minimum absolute atomic E-state index is 0.0469. The summed E-state index contributed by atoms with van der Waals surface area (Å²) in [4.78, 5) is 18.1. The molecule has 0 unspecified atom stereocenters. The number of hydrogen-bond acceptors (Lipinski definition) is 3. The summed E-state index contributed by atoms with van der Waals surface area (Å²) < 4.78 is 46.6. The molecule has 0 N–H and O–H groups in total. The number of benzene rings is 2. The molecule has 0 aliphatic heterocycles. The zero-order chi connectivity index (χ0) is 19.6. The number of aromatic nitrogens is 1. The van der Waals surface area contributed by atoms with Crippen LogP contribution in [0.15, 0.2) is 54.7 Å². The molecule has 4 nitrogen and oxygen atoms in total. The van der Waals surface area contributed by atoms with E-state index in [0.717, 1.165) is 6.92 Å². The molecule has 0 atom stereocenters. The molecule has 7 heteroatoms. The Kier molecular flexibility index (Phi) is 5.12. The van der Waals surface area contributed by atoms with Crippen molar-refractivity contribution in [3.05, 3.63) is 83.3 Å². The lowest BCUT2D eigenvalue weighted by Gasteiger charge is -2.19. The van der Waals surface area contributed by atoms with Gasteiger partial charge in [0.2, 0.25) is 5.88 Å². The number of amides is 1. The molecule has 27 heavy (non-hydrogen) atoms. The van der Waals surface area contributed by atoms with E-state index in [9.17, 15) is 18.0 Å². The van der Waals surface area contributed by atoms with E-state index < -0.39 is 34.7 Å². The standard InChI is InChI=1S/C20H15F3N2O2/c1-12-17(22)15(21)11-16(18(12)23)27-19-14(9-6-10-24-19)20(26)25(2)13-7-4-3-5-8-13/h3-11H,1-2H3. The molecule has 1 amide bonds. The monoisotopic (exact) mass is 372 g/mol. The molecule has 138 valence electrons. The molecule has 0 bridgehead atoms. The van der Waals surface area contributed by atoms with Gasteiger partial charge in [-0.25, -0.2) is 18.2 Å². The molecule has 0 aliphatic rings. The van der Waals surface area contributed by atoms with Gasteiger partial charge in [-0.15, -0.1) is 0 Å². The smallest absolute Gasteiger partial charge is 0.263 e. The molecule has 2 aromatic carbocycles. The van der Waals surface area contributed by atoms with Crippen LogP contribution in [0.4, 0.5) is 18.9 Å². The third-order valence-electron chi connectivity index (χ3n) is 4.00. The Balaban J connectivity index is 1.97. The fourth-order valence-electron chi connectivity index (χ4n) is 2.46. The first-order valence-corrected chi connectivity index (χ1v) is 8.00. The second-order valence-corrected chi connectivity index (χ2v) is 5.77. The Morgan fingerprint density at radius 1 is 1.04 bits per heavy atom. The number of hydrogen-bond donors (Lipinski definition) is 0. The van der Waals surface area contributed by atoms with Gasteiger partial charge in [0.05, 0.1) is 0 Å². The van der Waals surface area contributed by atoms with E-state index in [1.807, 2.05) is 6.07 Å². The van der Waals surface area contributed by atoms with Crippen molar-refractivity contribution >= 4 is 11.6 Å². The summed E-state index contributed by atoms with van der Waals surface area (Å²) in [6.45, 7) is 1.09. The lowest BCUT2D eigenvalue weighted by molar-refractivity contribution is 0.0990. The van der Waals surface area contributed by atoms with Crippen LogP contribution < -0.4 is 9.64 Å². The average Bonchev–Trinajstić information content (AvgIpc) is 2.70. The first-order valence-electron chi connectivity index (χ1n) is 8.00. The number of nitrogens with zero attached hydrogens (tertiary/aromatic N) is 2. The van der Waals surface area contributed by atoms with Crippen LogP contribution in [0.3, 0.4) is 0 Å². The van der Waals surface area contributed by atoms with Crippen LogP contribution >= 0.6 is 0 Å². The maximum absolute atomic E-state index is 14.2. The van der Waals surface area contributed by atoms with Crippen LogP contribution in [0.5, 0.6) is 11.6 Å².